The minimum absolute atomic E-state index is 0.134. The highest BCUT2D eigenvalue weighted by molar-refractivity contribution is 6.56. The lowest BCUT2D eigenvalue weighted by atomic mass is 10.3. The fourth-order valence-electron chi connectivity index (χ4n) is 0.207. The summed E-state index contributed by atoms with van der Waals surface area (Å²) in [5.41, 5.74) is 4.97. The average Bonchev–Trinajstić information content (AvgIpc) is 1.63. The molecule has 0 spiro atoms. The van der Waals surface area contributed by atoms with Gasteiger partial charge in [-0.15, -0.1) is 0 Å². The predicted molar refractivity (Wildman–Crippen MR) is 35.4 cm³/mol. The van der Waals surface area contributed by atoms with Crippen molar-refractivity contribution < 1.29 is 9.90 Å². The molecule has 0 radical (unpaired) electrons. The van der Waals surface area contributed by atoms with Crippen molar-refractivity contribution in [3.8, 4) is 0 Å². The highest BCUT2D eigenvalue weighted by Crippen LogP contribution is 2.06. The van der Waals surface area contributed by atoms with Crippen molar-refractivity contribution in [1.29, 1.82) is 0 Å². The molecular weight excluding hydrogens is 165 g/mol. The first-order valence-corrected chi connectivity index (χ1v) is 2.81. The largest absolute Gasteiger partial charge is 0.480 e. The summed E-state index contributed by atoms with van der Waals surface area (Å²) in [6.45, 7) is 0. The van der Waals surface area contributed by atoms with Crippen molar-refractivity contribution in [2.24, 2.45) is 5.73 Å². The number of carboxylic acid groups (broad SMARTS) is 1. The van der Waals surface area contributed by atoms with Crippen LogP contribution in [0.1, 0.15) is 0 Å². The summed E-state index contributed by atoms with van der Waals surface area (Å²) in [6, 6.07) is -1.12. The van der Waals surface area contributed by atoms with Gasteiger partial charge >= 0.3 is 5.97 Å². The van der Waals surface area contributed by atoms with Gasteiger partial charge in [0.2, 0.25) is 0 Å². The highest BCUT2D eigenvalue weighted by atomic mass is 35.5. The fraction of sp³-hybridized carbons (Fsp3) is 0.250. The number of halogens is 2. The molecule has 0 bridgehead atoms. The van der Waals surface area contributed by atoms with Crippen LogP contribution in [0.4, 0.5) is 0 Å². The normalized spacial score (nSPS) is 12.3. The van der Waals surface area contributed by atoms with E-state index in [1.165, 1.54) is 0 Å². The molecule has 0 saturated carbocycles. The quantitative estimate of drug-likeness (QED) is 0.641. The van der Waals surface area contributed by atoms with E-state index in [0.29, 0.717) is 0 Å². The summed E-state index contributed by atoms with van der Waals surface area (Å²) in [5.74, 6) is -1.16. The third kappa shape index (κ3) is 4.27. The second-order valence-electron chi connectivity index (χ2n) is 1.32. The molecule has 0 heterocycles. The van der Waals surface area contributed by atoms with Gasteiger partial charge in [-0.1, -0.05) is 23.2 Å². The second-order valence-corrected chi connectivity index (χ2v) is 2.33. The van der Waals surface area contributed by atoms with E-state index in [0.717, 1.165) is 6.08 Å². The SMILES string of the molecule is NC(C=C(Cl)Cl)C(=O)O. The first-order valence-electron chi connectivity index (χ1n) is 2.05. The molecule has 0 aliphatic carbocycles. The number of nitrogens with two attached hydrogens (primary N) is 1. The second kappa shape index (κ2) is 3.71. The van der Waals surface area contributed by atoms with E-state index in [9.17, 15) is 4.79 Å². The molecule has 0 aromatic rings. The van der Waals surface area contributed by atoms with E-state index in [4.69, 9.17) is 34.0 Å². The van der Waals surface area contributed by atoms with Crippen molar-refractivity contribution in [3.05, 3.63) is 10.6 Å². The first-order chi connectivity index (χ1) is 4.04. The van der Waals surface area contributed by atoms with Crippen molar-refractivity contribution in [2.75, 3.05) is 0 Å². The Hall–Kier alpha value is -0.250. The molecule has 3 nitrogen and oxygen atoms in total. The van der Waals surface area contributed by atoms with Crippen molar-refractivity contribution in [1.82, 2.24) is 0 Å². The van der Waals surface area contributed by atoms with Gasteiger partial charge in [-0.3, -0.25) is 4.79 Å². The topological polar surface area (TPSA) is 63.3 Å². The molecule has 0 aromatic carbocycles. The van der Waals surface area contributed by atoms with Gasteiger partial charge in [-0.2, -0.15) is 0 Å². The van der Waals surface area contributed by atoms with Crippen LogP contribution in [0.15, 0.2) is 10.6 Å². The van der Waals surface area contributed by atoms with Crippen molar-refractivity contribution in [2.45, 2.75) is 6.04 Å². The molecule has 0 aliphatic heterocycles. The van der Waals surface area contributed by atoms with Gasteiger partial charge in [0.15, 0.2) is 0 Å². The standard InChI is InChI=1S/C4H5Cl2NO2/c5-3(6)1-2(7)4(8)9/h1-2H,7H2,(H,8,9). The Labute approximate surface area is 62.0 Å². The smallest absolute Gasteiger partial charge is 0.324 e. The predicted octanol–water partition coefficient (Wildman–Crippen LogP) is 0.717. The van der Waals surface area contributed by atoms with Crippen molar-refractivity contribution >= 4 is 29.2 Å². The summed E-state index contributed by atoms with van der Waals surface area (Å²) >= 11 is 10.2. The molecule has 0 aromatic heterocycles. The summed E-state index contributed by atoms with van der Waals surface area (Å²) < 4.78 is -0.134. The van der Waals surface area contributed by atoms with Crippen LogP contribution < -0.4 is 5.73 Å². The summed E-state index contributed by atoms with van der Waals surface area (Å²) in [6.07, 6.45) is 1.03. The van der Waals surface area contributed by atoms with E-state index in [1.54, 1.807) is 0 Å². The number of aliphatic carboxylic acids is 1. The van der Waals surface area contributed by atoms with E-state index in [1.807, 2.05) is 0 Å². The first kappa shape index (κ1) is 8.75. The van der Waals surface area contributed by atoms with Crippen LogP contribution in [-0.4, -0.2) is 17.1 Å². The molecule has 0 amide bonds. The minimum atomic E-state index is -1.16. The Morgan fingerprint density at radius 1 is 1.67 bits per heavy atom. The van der Waals surface area contributed by atoms with Gasteiger partial charge < -0.3 is 10.8 Å². The number of carbonyl (C=O) groups is 1. The number of carboxylic acids is 1. The summed E-state index contributed by atoms with van der Waals surface area (Å²) in [4.78, 5) is 9.95. The molecule has 0 fully saturated rings. The lowest BCUT2D eigenvalue weighted by molar-refractivity contribution is -0.137. The Bertz CT molecular complexity index is 142. The molecule has 0 saturated heterocycles. The monoisotopic (exact) mass is 169 g/mol. The Morgan fingerprint density at radius 3 is 2.22 bits per heavy atom. The highest BCUT2D eigenvalue weighted by Gasteiger charge is 2.06. The number of hydrogen-bond donors (Lipinski definition) is 2. The maximum absolute atomic E-state index is 9.95. The van der Waals surface area contributed by atoms with Gasteiger partial charge in [-0.25, -0.2) is 0 Å². The Kier molecular flexibility index (Phi) is 3.61. The molecule has 3 N–H and O–H groups in total. The number of rotatable bonds is 2. The molecule has 5 heteroatoms. The third-order valence-electron chi connectivity index (χ3n) is 0.591. The zero-order valence-corrected chi connectivity index (χ0v) is 5.86. The van der Waals surface area contributed by atoms with Gasteiger partial charge in [0.25, 0.3) is 0 Å². The molecule has 1 atom stereocenters. The molecule has 1 unspecified atom stereocenters. The van der Waals surface area contributed by atoms with Crippen LogP contribution in [0, 0.1) is 0 Å². The van der Waals surface area contributed by atoms with Crippen LogP contribution in [0.5, 0.6) is 0 Å². The van der Waals surface area contributed by atoms with Crippen LogP contribution in [0.25, 0.3) is 0 Å². The lowest BCUT2D eigenvalue weighted by Gasteiger charge is -1.95. The van der Waals surface area contributed by atoms with Crippen LogP contribution in [0.3, 0.4) is 0 Å². The van der Waals surface area contributed by atoms with E-state index < -0.39 is 12.0 Å². The van der Waals surface area contributed by atoms with E-state index in [2.05, 4.69) is 0 Å². The summed E-state index contributed by atoms with van der Waals surface area (Å²) in [5, 5.41) is 8.14. The molecule has 0 aliphatic rings. The third-order valence-corrected chi connectivity index (χ3v) is 0.843. The van der Waals surface area contributed by atoms with Crippen LogP contribution in [-0.2, 0) is 4.79 Å². The maximum atomic E-state index is 9.95. The van der Waals surface area contributed by atoms with Gasteiger partial charge in [0.05, 0.1) is 0 Å². The Morgan fingerprint density at radius 2 is 2.11 bits per heavy atom. The molecule has 0 rings (SSSR count). The zero-order valence-electron chi connectivity index (χ0n) is 4.34. The van der Waals surface area contributed by atoms with E-state index >= 15 is 0 Å². The molecular formula is C4H5Cl2NO2. The maximum Gasteiger partial charge on any atom is 0.324 e. The lowest BCUT2D eigenvalue weighted by Crippen LogP contribution is -2.27. The van der Waals surface area contributed by atoms with Gasteiger partial charge in [0.1, 0.15) is 10.5 Å². The zero-order chi connectivity index (χ0) is 7.44. The Balaban J connectivity index is 3.91. The van der Waals surface area contributed by atoms with Gasteiger partial charge in [-0.05, 0) is 6.08 Å². The summed E-state index contributed by atoms with van der Waals surface area (Å²) in [7, 11) is 0. The van der Waals surface area contributed by atoms with Gasteiger partial charge in [0, 0.05) is 0 Å². The van der Waals surface area contributed by atoms with Crippen LogP contribution >= 0.6 is 23.2 Å². The number of hydrogen-bond acceptors (Lipinski definition) is 2. The molecule has 9 heavy (non-hydrogen) atoms. The average molecular weight is 170 g/mol. The van der Waals surface area contributed by atoms with Crippen LogP contribution in [0.2, 0.25) is 0 Å². The molecule has 52 valence electrons. The van der Waals surface area contributed by atoms with E-state index in [-0.39, 0.29) is 4.49 Å². The van der Waals surface area contributed by atoms with Crippen molar-refractivity contribution in [3.63, 3.8) is 0 Å². The fourth-order valence-corrected chi connectivity index (χ4v) is 0.478. The minimum Gasteiger partial charge on any atom is -0.480 e.